The highest BCUT2D eigenvalue weighted by atomic mass is 19.3. The van der Waals surface area contributed by atoms with E-state index in [0.29, 0.717) is 29.0 Å². The number of halogens is 4. The van der Waals surface area contributed by atoms with E-state index in [4.69, 9.17) is 0 Å². The second kappa shape index (κ2) is 10.4. The van der Waals surface area contributed by atoms with Crippen LogP contribution in [0.2, 0.25) is 0 Å². The normalized spacial score (nSPS) is 22.4. The van der Waals surface area contributed by atoms with Crippen molar-refractivity contribution in [1.82, 2.24) is 20.1 Å². The minimum absolute atomic E-state index is 0.0161. The zero-order valence-electron chi connectivity index (χ0n) is 24.1. The summed E-state index contributed by atoms with van der Waals surface area (Å²) in [7, 11) is 1.72. The number of alkyl halides is 2. The van der Waals surface area contributed by atoms with Crippen molar-refractivity contribution in [1.29, 1.82) is 0 Å². The molecule has 13 heteroatoms. The fourth-order valence-electron chi connectivity index (χ4n) is 7.02. The highest BCUT2D eigenvalue weighted by Gasteiger charge is 2.57. The number of amides is 3. The van der Waals surface area contributed by atoms with Crippen LogP contribution in [-0.2, 0) is 33.4 Å². The third-order valence-corrected chi connectivity index (χ3v) is 9.11. The number of anilines is 2. The van der Waals surface area contributed by atoms with Crippen LogP contribution in [-0.4, -0.2) is 50.5 Å². The maximum absolute atomic E-state index is 15.0. The lowest BCUT2D eigenvalue weighted by atomic mass is 9.83. The molecule has 3 amide bonds. The van der Waals surface area contributed by atoms with Crippen LogP contribution in [0.1, 0.15) is 43.2 Å². The van der Waals surface area contributed by atoms with E-state index in [0.717, 1.165) is 22.6 Å². The lowest BCUT2D eigenvalue weighted by molar-refractivity contribution is -0.137. The molecule has 9 nitrogen and oxygen atoms in total. The van der Waals surface area contributed by atoms with Gasteiger partial charge in [0.15, 0.2) is 5.54 Å². The predicted molar refractivity (Wildman–Crippen MR) is 155 cm³/mol. The number of hydrogen-bond acceptors (Lipinski definition) is 5. The van der Waals surface area contributed by atoms with Crippen molar-refractivity contribution < 1.29 is 31.9 Å². The highest BCUT2D eigenvalue weighted by Crippen LogP contribution is 2.47. The second-order valence-electron chi connectivity index (χ2n) is 11.9. The van der Waals surface area contributed by atoms with Crippen LogP contribution >= 0.6 is 0 Å². The van der Waals surface area contributed by atoms with Crippen molar-refractivity contribution in [3.05, 3.63) is 83.7 Å². The van der Waals surface area contributed by atoms with Gasteiger partial charge >= 0.3 is 0 Å². The Morgan fingerprint density at radius 3 is 2.51 bits per heavy atom. The fraction of sp³-hybridized carbons (Fsp3) is 0.344. The van der Waals surface area contributed by atoms with Crippen molar-refractivity contribution in [2.45, 2.75) is 62.1 Å². The Morgan fingerprint density at radius 2 is 1.78 bits per heavy atom. The van der Waals surface area contributed by atoms with Gasteiger partial charge < -0.3 is 5.32 Å². The molecule has 4 aromatic rings. The maximum Gasteiger partial charge on any atom is 0.252 e. The topological polar surface area (TPSA) is 100 Å². The zero-order chi connectivity index (χ0) is 31.7. The van der Waals surface area contributed by atoms with E-state index in [9.17, 15) is 31.9 Å². The van der Waals surface area contributed by atoms with Crippen molar-refractivity contribution >= 4 is 40.1 Å². The number of carbonyl (C=O) groups excluding carboxylic acids is 3. The number of aryl methyl sites for hydroxylation is 2. The molecule has 1 aliphatic heterocycles. The Morgan fingerprint density at radius 1 is 1.04 bits per heavy atom. The summed E-state index contributed by atoms with van der Waals surface area (Å²) in [6, 6.07) is 9.10. The number of benzene rings is 2. The van der Waals surface area contributed by atoms with Crippen molar-refractivity contribution in [3.8, 4) is 0 Å². The molecule has 45 heavy (non-hydrogen) atoms. The average Bonchev–Trinajstić information content (AvgIpc) is 3.67. The SMILES string of the molecule is Cn1ncc2c(N3C(=O)CC[C@H]3C(=O)N(c3cc(F)cc(F)c3)[C@@]3(C(=O)NC4CC(F)(F)C4)CCc4ccccc43)nccc21. The number of fused-ring (bicyclic) bond motifs is 2. The zero-order valence-corrected chi connectivity index (χ0v) is 24.1. The molecule has 2 atom stereocenters. The average molecular weight is 621 g/mol. The highest BCUT2D eigenvalue weighted by molar-refractivity contribution is 6.14. The van der Waals surface area contributed by atoms with Gasteiger partial charge in [-0.05, 0) is 48.6 Å². The molecule has 0 unspecified atom stereocenters. The number of nitrogens with zero attached hydrogens (tertiary/aromatic N) is 5. The lowest BCUT2D eigenvalue weighted by Gasteiger charge is -2.45. The van der Waals surface area contributed by atoms with E-state index in [1.165, 1.54) is 17.3 Å². The van der Waals surface area contributed by atoms with Gasteiger partial charge in [0.25, 0.3) is 17.7 Å². The van der Waals surface area contributed by atoms with Crippen LogP contribution < -0.4 is 15.1 Å². The van der Waals surface area contributed by atoms with E-state index in [1.54, 1.807) is 42.1 Å². The number of aromatic nitrogens is 3. The van der Waals surface area contributed by atoms with Gasteiger partial charge in [-0.3, -0.25) is 28.9 Å². The van der Waals surface area contributed by atoms with Crippen LogP contribution in [0.15, 0.2) is 60.9 Å². The standard InChI is InChI=1S/C32H28F4N6O3/c1-40-25-9-11-37-28(23(25)17-38-40)41-26(6-7-27(41)43)29(44)42(22-13-19(33)12-20(34)14-22)32(10-8-18-4-2-3-5-24(18)32)30(45)39-21-15-31(35,36)16-21/h2-5,9,11-14,17,21,26H,6-8,10,15-16H2,1H3,(H,39,45)/t26-,32-/m0/s1. The van der Waals surface area contributed by atoms with Gasteiger partial charge in [-0.1, -0.05) is 24.3 Å². The van der Waals surface area contributed by atoms with Gasteiger partial charge in [-0.2, -0.15) is 5.10 Å². The molecular formula is C32H28F4N6O3. The van der Waals surface area contributed by atoms with E-state index >= 15 is 0 Å². The van der Waals surface area contributed by atoms with Gasteiger partial charge in [-0.25, -0.2) is 22.5 Å². The summed E-state index contributed by atoms with van der Waals surface area (Å²) in [5.41, 5.74) is -0.301. The van der Waals surface area contributed by atoms with Crippen molar-refractivity contribution in [2.24, 2.45) is 7.05 Å². The molecule has 1 N–H and O–H groups in total. The smallest absolute Gasteiger partial charge is 0.252 e. The number of rotatable bonds is 6. The van der Waals surface area contributed by atoms with Crippen molar-refractivity contribution in [2.75, 3.05) is 9.80 Å². The van der Waals surface area contributed by atoms with E-state index in [1.807, 2.05) is 0 Å². The Hall–Kier alpha value is -4.81. The quantitative estimate of drug-likeness (QED) is 0.320. The second-order valence-corrected chi connectivity index (χ2v) is 11.9. The molecule has 0 spiro atoms. The van der Waals surface area contributed by atoms with Gasteiger partial charge in [0, 0.05) is 44.6 Å². The summed E-state index contributed by atoms with van der Waals surface area (Å²) in [4.78, 5) is 49.5. The first kappa shape index (κ1) is 28.9. The first-order chi connectivity index (χ1) is 21.5. The summed E-state index contributed by atoms with van der Waals surface area (Å²) in [5, 5.41) is 7.46. The Labute approximate surface area is 254 Å². The molecule has 1 saturated carbocycles. The molecule has 232 valence electrons. The number of pyridine rings is 1. The maximum atomic E-state index is 15.0. The number of nitrogens with one attached hydrogen (secondary N) is 1. The molecule has 0 bridgehead atoms. The van der Waals surface area contributed by atoms with Gasteiger partial charge in [0.05, 0.1) is 22.8 Å². The molecule has 2 aromatic carbocycles. The summed E-state index contributed by atoms with van der Waals surface area (Å²) >= 11 is 0. The first-order valence-corrected chi connectivity index (χ1v) is 14.6. The van der Waals surface area contributed by atoms with E-state index in [-0.39, 0.29) is 30.8 Å². The Kier molecular flexibility index (Phi) is 6.68. The molecule has 3 heterocycles. The monoisotopic (exact) mass is 620 g/mol. The fourth-order valence-corrected chi connectivity index (χ4v) is 7.02. The minimum atomic E-state index is -2.93. The van der Waals surface area contributed by atoms with Crippen LogP contribution in [0.3, 0.4) is 0 Å². The molecular weight excluding hydrogens is 592 g/mol. The largest absolute Gasteiger partial charge is 0.351 e. The summed E-state index contributed by atoms with van der Waals surface area (Å²) in [6.45, 7) is 0. The van der Waals surface area contributed by atoms with Crippen LogP contribution in [0, 0.1) is 11.6 Å². The number of carbonyl (C=O) groups is 3. The molecule has 2 aliphatic carbocycles. The summed E-state index contributed by atoms with van der Waals surface area (Å²) in [5.74, 6) is -6.61. The lowest BCUT2D eigenvalue weighted by Crippen LogP contribution is -2.64. The summed E-state index contributed by atoms with van der Waals surface area (Å²) in [6.07, 6.45) is 2.25. The predicted octanol–water partition coefficient (Wildman–Crippen LogP) is 4.53. The van der Waals surface area contributed by atoms with Gasteiger partial charge in [0.1, 0.15) is 23.5 Å². The molecule has 2 aromatic heterocycles. The molecule has 1 saturated heterocycles. The van der Waals surface area contributed by atoms with Gasteiger partial charge in [-0.15, -0.1) is 0 Å². The molecule has 0 radical (unpaired) electrons. The summed E-state index contributed by atoms with van der Waals surface area (Å²) < 4.78 is 58.9. The molecule has 7 rings (SSSR count). The Balaban J connectivity index is 1.39. The van der Waals surface area contributed by atoms with Crippen molar-refractivity contribution in [3.63, 3.8) is 0 Å². The third-order valence-electron chi connectivity index (χ3n) is 9.11. The van der Waals surface area contributed by atoms with Crippen LogP contribution in [0.25, 0.3) is 10.9 Å². The van der Waals surface area contributed by atoms with E-state index < -0.39 is 65.7 Å². The first-order valence-electron chi connectivity index (χ1n) is 14.6. The number of hydrogen-bond donors (Lipinski definition) is 1. The third kappa shape index (κ3) is 4.63. The van der Waals surface area contributed by atoms with Crippen LogP contribution in [0.5, 0.6) is 0 Å². The molecule has 2 fully saturated rings. The minimum Gasteiger partial charge on any atom is -0.351 e. The Bertz CT molecular complexity index is 1850. The van der Waals surface area contributed by atoms with Gasteiger partial charge in [0.2, 0.25) is 5.91 Å². The van der Waals surface area contributed by atoms with E-state index in [2.05, 4.69) is 15.4 Å². The van der Waals surface area contributed by atoms with Crippen LogP contribution in [0.4, 0.5) is 29.1 Å². The molecule has 3 aliphatic rings.